The van der Waals surface area contributed by atoms with Gasteiger partial charge in [0.15, 0.2) is 0 Å². The molecule has 0 saturated carbocycles. The monoisotopic (exact) mass is 192 g/mol. The van der Waals surface area contributed by atoms with Crippen molar-refractivity contribution in [3.63, 3.8) is 0 Å². The van der Waals surface area contributed by atoms with Gasteiger partial charge in [-0.05, 0) is 24.4 Å². The van der Waals surface area contributed by atoms with Crippen LogP contribution in [0.2, 0.25) is 6.32 Å². The molecule has 5 heteroatoms. The van der Waals surface area contributed by atoms with Crippen molar-refractivity contribution in [2.45, 2.75) is 12.7 Å². The van der Waals surface area contributed by atoms with E-state index in [1.165, 1.54) is 6.07 Å². The summed E-state index contributed by atoms with van der Waals surface area (Å²) in [6.07, 6.45) is 1.16. The molecule has 1 aliphatic rings. The predicted molar refractivity (Wildman–Crippen MR) is 50.5 cm³/mol. The summed E-state index contributed by atoms with van der Waals surface area (Å²) in [7, 11) is -0.886. The first-order chi connectivity index (χ1) is 6.68. The molecule has 0 unspecified atom stereocenters. The van der Waals surface area contributed by atoms with Crippen LogP contribution in [0.4, 0.5) is 0 Å². The van der Waals surface area contributed by atoms with Gasteiger partial charge in [0, 0.05) is 0 Å². The zero-order valence-electron chi connectivity index (χ0n) is 7.43. The lowest BCUT2D eigenvalue weighted by Crippen LogP contribution is -2.27. The number of carboxylic acids is 1. The van der Waals surface area contributed by atoms with Crippen LogP contribution >= 0.6 is 0 Å². The molecule has 1 aromatic carbocycles. The first-order valence-electron chi connectivity index (χ1n) is 4.38. The lowest BCUT2D eigenvalue weighted by Gasteiger charge is -2.20. The summed E-state index contributed by atoms with van der Waals surface area (Å²) in [5.41, 5.74) is 0.955. The van der Waals surface area contributed by atoms with Gasteiger partial charge >= 0.3 is 13.1 Å². The molecule has 1 heterocycles. The SMILES string of the molecule is O=C(O)c1cccc2c1OB(O)CC2. The standard InChI is InChI=1S/C9H9BO4/c11-9(12)7-3-1-2-6-4-5-10(13)14-8(6)7/h1-3,13H,4-5H2,(H,11,12). The molecule has 0 fully saturated rings. The van der Waals surface area contributed by atoms with Crippen molar-refractivity contribution in [3.8, 4) is 5.75 Å². The summed E-state index contributed by atoms with van der Waals surface area (Å²) >= 11 is 0. The van der Waals surface area contributed by atoms with E-state index < -0.39 is 13.1 Å². The Balaban J connectivity index is 2.48. The molecule has 14 heavy (non-hydrogen) atoms. The van der Waals surface area contributed by atoms with Crippen molar-refractivity contribution in [2.75, 3.05) is 0 Å². The molecular formula is C9H9BO4. The molecule has 2 rings (SSSR count). The lowest BCUT2D eigenvalue weighted by molar-refractivity contribution is 0.0694. The van der Waals surface area contributed by atoms with Crippen molar-refractivity contribution in [2.24, 2.45) is 0 Å². The third-order valence-electron chi connectivity index (χ3n) is 2.24. The second-order valence-electron chi connectivity index (χ2n) is 3.21. The molecule has 1 aromatic rings. The van der Waals surface area contributed by atoms with Crippen molar-refractivity contribution in [3.05, 3.63) is 29.3 Å². The van der Waals surface area contributed by atoms with Crippen LogP contribution in [0.1, 0.15) is 15.9 Å². The smallest absolute Gasteiger partial charge is 0.522 e. The van der Waals surface area contributed by atoms with Crippen LogP contribution in [0.25, 0.3) is 0 Å². The molecule has 0 bridgehead atoms. The summed E-state index contributed by atoms with van der Waals surface area (Å²) in [5.74, 6) is -0.727. The fourth-order valence-corrected chi connectivity index (χ4v) is 1.56. The molecule has 0 radical (unpaired) electrons. The van der Waals surface area contributed by atoms with Gasteiger partial charge in [0.2, 0.25) is 0 Å². The van der Waals surface area contributed by atoms with Crippen LogP contribution < -0.4 is 4.65 Å². The number of carbonyl (C=O) groups is 1. The van der Waals surface area contributed by atoms with Gasteiger partial charge in [-0.1, -0.05) is 12.1 Å². The minimum atomic E-state index is -1.03. The molecule has 4 nitrogen and oxygen atoms in total. The van der Waals surface area contributed by atoms with E-state index in [0.717, 1.165) is 5.56 Å². The summed E-state index contributed by atoms with van der Waals surface area (Å²) in [4.78, 5) is 10.8. The van der Waals surface area contributed by atoms with Gasteiger partial charge in [-0.2, -0.15) is 0 Å². The van der Waals surface area contributed by atoms with Crippen molar-refractivity contribution in [1.82, 2.24) is 0 Å². The zero-order valence-corrected chi connectivity index (χ0v) is 7.43. The van der Waals surface area contributed by atoms with Gasteiger partial charge < -0.3 is 14.8 Å². The van der Waals surface area contributed by atoms with E-state index in [2.05, 4.69) is 0 Å². The largest absolute Gasteiger partial charge is 0.535 e. The average molecular weight is 192 g/mol. The Kier molecular flexibility index (Phi) is 2.17. The van der Waals surface area contributed by atoms with E-state index in [4.69, 9.17) is 9.76 Å². The van der Waals surface area contributed by atoms with Gasteiger partial charge in [0.25, 0.3) is 0 Å². The molecule has 0 atom stereocenters. The highest BCUT2D eigenvalue weighted by molar-refractivity contribution is 6.44. The Labute approximate surface area is 81.3 Å². The van der Waals surface area contributed by atoms with Gasteiger partial charge in [0.05, 0.1) is 5.56 Å². The normalized spacial score (nSPS) is 14.5. The van der Waals surface area contributed by atoms with E-state index >= 15 is 0 Å². The Hall–Kier alpha value is -1.49. The van der Waals surface area contributed by atoms with Crippen molar-refractivity contribution in [1.29, 1.82) is 0 Å². The van der Waals surface area contributed by atoms with Crippen molar-refractivity contribution >= 4 is 13.1 Å². The Morgan fingerprint density at radius 3 is 3.00 bits per heavy atom. The summed E-state index contributed by atoms with van der Waals surface area (Å²) in [6.45, 7) is 0. The van der Waals surface area contributed by atoms with Crippen LogP contribution in [-0.2, 0) is 6.42 Å². The number of hydrogen-bond acceptors (Lipinski definition) is 3. The number of para-hydroxylation sites is 1. The first-order valence-corrected chi connectivity index (χ1v) is 4.38. The van der Waals surface area contributed by atoms with Gasteiger partial charge in [0.1, 0.15) is 5.75 Å². The Morgan fingerprint density at radius 1 is 1.50 bits per heavy atom. The van der Waals surface area contributed by atoms with Crippen LogP contribution in [0.5, 0.6) is 5.75 Å². The predicted octanol–water partition coefficient (Wildman–Crippen LogP) is 0.800. The van der Waals surface area contributed by atoms with Crippen molar-refractivity contribution < 1.29 is 19.6 Å². The molecule has 0 aliphatic carbocycles. The molecule has 72 valence electrons. The third-order valence-corrected chi connectivity index (χ3v) is 2.24. The van der Waals surface area contributed by atoms with E-state index in [1.807, 2.05) is 6.07 Å². The fourth-order valence-electron chi connectivity index (χ4n) is 1.56. The van der Waals surface area contributed by atoms with Gasteiger partial charge in [-0.15, -0.1) is 0 Å². The number of hydrogen-bond donors (Lipinski definition) is 2. The van der Waals surface area contributed by atoms with E-state index in [1.54, 1.807) is 6.07 Å². The van der Waals surface area contributed by atoms with E-state index in [9.17, 15) is 9.82 Å². The fraction of sp³-hybridized carbons (Fsp3) is 0.222. The highest BCUT2D eigenvalue weighted by Crippen LogP contribution is 2.29. The van der Waals surface area contributed by atoms with Crippen LogP contribution in [0.3, 0.4) is 0 Å². The minimum absolute atomic E-state index is 0.112. The van der Waals surface area contributed by atoms with E-state index in [0.29, 0.717) is 18.5 Å². The number of rotatable bonds is 1. The first kappa shape index (κ1) is 9.08. The molecule has 0 spiro atoms. The minimum Gasteiger partial charge on any atom is -0.535 e. The summed E-state index contributed by atoms with van der Waals surface area (Å²) in [6, 6.07) is 4.97. The molecule has 1 aliphatic heterocycles. The lowest BCUT2D eigenvalue weighted by atomic mass is 9.78. The second kappa shape index (κ2) is 3.34. The maximum atomic E-state index is 10.8. The second-order valence-corrected chi connectivity index (χ2v) is 3.21. The maximum Gasteiger partial charge on any atom is 0.522 e. The highest BCUT2D eigenvalue weighted by atomic mass is 16.5. The zero-order chi connectivity index (χ0) is 10.1. The van der Waals surface area contributed by atoms with Crippen LogP contribution in [0.15, 0.2) is 18.2 Å². The Bertz CT molecular complexity index is 377. The number of carboxylic acid groups (broad SMARTS) is 1. The van der Waals surface area contributed by atoms with Gasteiger partial charge in [-0.25, -0.2) is 4.79 Å². The number of fused-ring (bicyclic) bond motifs is 1. The highest BCUT2D eigenvalue weighted by Gasteiger charge is 2.26. The Morgan fingerprint density at radius 2 is 2.29 bits per heavy atom. The number of benzene rings is 1. The summed E-state index contributed by atoms with van der Waals surface area (Å²) in [5, 5.41) is 18.1. The molecule has 2 N–H and O–H groups in total. The topological polar surface area (TPSA) is 66.8 Å². The van der Waals surface area contributed by atoms with Crippen LogP contribution in [0, 0.1) is 0 Å². The molecule has 0 saturated heterocycles. The maximum absolute atomic E-state index is 10.8. The average Bonchev–Trinajstić information content (AvgIpc) is 2.16. The van der Waals surface area contributed by atoms with Gasteiger partial charge in [-0.3, -0.25) is 0 Å². The van der Waals surface area contributed by atoms with E-state index in [-0.39, 0.29) is 5.56 Å². The van der Waals surface area contributed by atoms with Crippen LogP contribution in [-0.4, -0.2) is 23.2 Å². The molecule has 0 amide bonds. The number of aryl methyl sites for hydroxylation is 1. The summed E-state index contributed by atoms with van der Waals surface area (Å²) < 4.78 is 5.10. The number of aromatic carboxylic acids is 1. The molecule has 0 aromatic heterocycles. The molecular weight excluding hydrogens is 183 g/mol. The quantitative estimate of drug-likeness (QED) is 0.645. The third kappa shape index (κ3) is 1.46.